The highest BCUT2D eigenvalue weighted by molar-refractivity contribution is 7.89. The molecule has 0 radical (unpaired) electrons. The summed E-state index contributed by atoms with van der Waals surface area (Å²) in [6, 6.07) is 3.28. The number of carboxylic acid groups (broad SMARTS) is 1. The number of nitrogens with zero attached hydrogens (tertiary/aromatic N) is 2. The van der Waals surface area contributed by atoms with Gasteiger partial charge in [0.05, 0.1) is 6.61 Å². The lowest BCUT2D eigenvalue weighted by atomic mass is 10.1. The third-order valence-electron chi connectivity index (χ3n) is 5.68. The van der Waals surface area contributed by atoms with Crippen molar-refractivity contribution >= 4 is 33.5 Å². The number of carbonyl (C=O) groups excluding carboxylic acids is 2. The van der Waals surface area contributed by atoms with Crippen molar-refractivity contribution < 1.29 is 37.0 Å². The van der Waals surface area contributed by atoms with Crippen molar-refractivity contribution in [3.8, 4) is 5.75 Å². The van der Waals surface area contributed by atoms with Gasteiger partial charge in [0.15, 0.2) is 11.4 Å². The van der Waals surface area contributed by atoms with Gasteiger partial charge in [0, 0.05) is 44.0 Å². The summed E-state index contributed by atoms with van der Waals surface area (Å²) in [5.41, 5.74) is 0.581. The molecule has 0 aliphatic carbocycles. The third-order valence-corrected chi connectivity index (χ3v) is 7.17. The second kappa shape index (κ2) is 8.15. The molecule has 0 saturated carbocycles. The Hall–Kier alpha value is -3.45. The van der Waals surface area contributed by atoms with Gasteiger partial charge in [-0.25, -0.2) is 22.3 Å². The summed E-state index contributed by atoms with van der Waals surface area (Å²) in [7, 11) is -2.67. The van der Waals surface area contributed by atoms with Gasteiger partial charge >= 0.3 is 11.9 Å². The van der Waals surface area contributed by atoms with Crippen LogP contribution in [0.15, 0.2) is 29.3 Å². The third kappa shape index (κ3) is 4.16. The van der Waals surface area contributed by atoms with Gasteiger partial charge in [-0.2, -0.15) is 0 Å². The number of ether oxygens (including phenoxy) is 1. The van der Waals surface area contributed by atoms with E-state index in [-0.39, 0.29) is 36.0 Å². The summed E-state index contributed by atoms with van der Waals surface area (Å²) in [6.45, 7) is 1.36. The number of sulfonamides is 1. The maximum absolute atomic E-state index is 13.5. The summed E-state index contributed by atoms with van der Waals surface area (Å²) >= 11 is 0. The van der Waals surface area contributed by atoms with E-state index in [1.54, 1.807) is 6.92 Å². The minimum absolute atomic E-state index is 0.0170. The number of amides is 2. The van der Waals surface area contributed by atoms with Gasteiger partial charge in [-0.3, -0.25) is 9.59 Å². The zero-order valence-electron chi connectivity index (χ0n) is 17.7. The largest absolute Gasteiger partial charge is 0.489 e. The lowest BCUT2D eigenvalue weighted by Crippen LogP contribution is -2.44. The number of aromatic nitrogens is 1. The van der Waals surface area contributed by atoms with E-state index in [2.05, 4.69) is 10.0 Å². The summed E-state index contributed by atoms with van der Waals surface area (Å²) in [5, 5.41) is 11.6. The lowest BCUT2D eigenvalue weighted by molar-refractivity contribution is -0.155. The Bertz CT molecular complexity index is 1270. The molecule has 2 amide bonds. The lowest BCUT2D eigenvalue weighted by Gasteiger charge is -2.23. The van der Waals surface area contributed by atoms with Gasteiger partial charge in [-0.15, -0.1) is 0 Å². The number of benzene rings is 1. The van der Waals surface area contributed by atoms with Gasteiger partial charge in [-0.05, 0) is 30.7 Å². The van der Waals surface area contributed by atoms with E-state index in [4.69, 9.17) is 9.84 Å². The number of fused-ring (bicyclic) bond motifs is 2. The van der Waals surface area contributed by atoms with Crippen molar-refractivity contribution in [2.45, 2.75) is 17.9 Å². The first kappa shape index (κ1) is 22.7. The zero-order valence-corrected chi connectivity index (χ0v) is 18.5. The fourth-order valence-electron chi connectivity index (χ4n) is 4.01. The average molecular weight is 480 g/mol. The maximum Gasteiger partial charge on any atom is 0.394 e. The van der Waals surface area contributed by atoms with Gasteiger partial charge < -0.3 is 24.6 Å². The number of halogens is 1. The molecule has 11 nitrogen and oxygen atoms in total. The Kier molecular flexibility index (Phi) is 5.62. The molecule has 3 heterocycles. The summed E-state index contributed by atoms with van der Waals surface area (Å²) in [5.74, 6) is -4.54. The number of carbonyl (C=O) groups is 3. The van der Waals surface area contributed by atoms with Crippen LogP contribution in [-0.2, 0) is 26.7 Å². The van der Waals surface area contributed by atoms with Gasteiger partial charge in [0.2, 0.25) is 10.0 Å². The van der Waals surface area contributed by atoms with Crippen molar-refractivity contribution in [1.82, 2.24) is 14.2 Å². The minimum Gasteiger partial charge on any atom is -0.489 e. The molecular formula is C20H21FN4O7S. The quantitative estimate of drug-likeness (QED) is 0.524. The molecule has 13 heteroatoms. The molecule has 2 aliphatic heterocycles. The molecule has 2 atom stereocenters. The standard InChI is InChI=1S/C20H21FN4O7S/c1-10-5-12(3-4-13(10)21)22-18(26)16-17-15(8-24(16)2)33(30,31)23-14-7-25(19(27)20(28)29)6-11(14)9-32-17/h3-5,8,11,14,23H,6-7,9H2,1-2H3,(H,22,26)(H,28,29)/t11-,14-/m0/s1. The van der Waals surface area contributed by atoms with Crippen LogP contribution in [0.4, 0.5) is 10.1 Å². The van der Waals surface area contributed by atoms with Gasteiger partial charge in [-0.1, -0.05) is 0 Å². The summed E-state index contributed by atoms with van der Waals surface area (Å²) < 4.78 is 49.2. The highest BCUT2D eigenvalue weighted by Crippen LogP contribution is 2.34. The van der Waals surface area contributed by atoms with Crippen molar-refractivity contribution in [3.63, 3.8) is 0 Å². The SMILES string of the molecule is Cc1cc(NC(=O)c2c3c(cn2C)S(=O)(=O)N[C@H]2CN(C(=O)C(=O)O)C[C@H]2CO3)ccc1F. The molecule has 1 aromatic carbocycles. The van der Waals surface area contributed by atoms with Crippen molar-refractivity contribution in [2.24, 2.45) is 13.0 Å². The van der Waals surface area contributed by atoms with E-state index in [1.165, 1.54) is 36.0 Å². The number of aryl methyl sites for hydroxylation is 2. The number of rotatable bonds is 2. The molecule has 176 valence electrons. The van der Waals surface area contributed by atoms with Crippen LogP contribution in [-0.4, -0.2) is 66.5 Å². The molecule has 0 bridgehead atoms. The highest BCUT2D eigenvalue weighted by atomic mass is 32.2. The van der Waals surface area contributed by atoms with Crippen LogP contribution in [0.1, 0.15) is 16.1 Å². The van der Waals surface area contributed by atoms with Crippen LogP contribution in [0, 0.1) is 18.7 Å². The Morgan fingerprint density at radius 3 is 2.67 bits per heavy atom. The number of nitrogens with one attached hydrogen (secondary N) is 2. The monoisotopic (exact) mass is 480 g/mol. The Labute approximate surface area is 188 Å². The number of likely N-dealkylation sites (tertiary alicyclic amines) is 1. The zero-order chi connectivity index (χ0) is 24.1. The van der Waals surface area contributed by atoms with E-state index >= 15 is 0 Å². The molecule has 4 rings (SSSR count). The molecule has 33 heavy (non-hydrogen) atoms. The van der Waals surface area contributed by atoms with E-state index in [1.807, 2.05) is 0 Å². The number of carboxylic acids is 1. The van der Waals surface area contributed by atoms with Crippen LogP contribution in [0.25, 0.3) is 0 Å². The molecule has 3 N–H and O–H groups in total. The molecule has 0 spiro atoms. The normalized spacial score (nSPS) is 21.2. The van der Waals surface area contributed by atoms with Crippen LogP contribution in [0.3, 0.4) is 0 Å². The number of aliphatic carboxylic acids is 1. The highest BCUT2D eigenvalue weighted by Gasteiger charge is 2.43. The van der Waals surface area contributed by atoms with Crippen molar-refractivity contribution in [1.29, 1.82) is 0 Å². The van der Waals surface area contributed by atoms with E-state index in [0.29, 0.717) is 11.3 Å². The van der Waals surface area contributed by atoms with Crippen LogP contribution in [0.5, 0.6) is 5.75 Å². The average Bonchev–Trinajstić information content (AvgIpc) is 3.27. The Morgan fingerprint density at radius 1 is 1.27 bits per heavy atom. The second-order valence-electron chi connectivity index (χ2n) is 8.01. The minimum atomic E-state index is -4.16. The van der Waals surface area contributed by atoms with Crippen molar-refractivity contribution in [2.75, 3.05) is 25.0 Å². The van der Waals surface area contributed by atoms with Crippen LogP contribution >= 0.6 is 0 Å². The topological polar surface area (TPSA) is 147 Å². The second-order valence-corrected chi connectivity index (χ2v) is 9.70. The predicted octanol–water partition coefficient (Wildman–Crippen LogP) is 0.307. The molecule has 2 aromatic rings. The molecule has 0 unspecified atom stereocenters. The number of hydrogen-bond donors (Lipinski definition) is 3. The fourth-order valence-corrected chi connectivity index (χ4v) is 5.50. The molecule has 1 fully saturated rings. The number of anilines is 1. The smallest absolute Gasteiger partial charge is 0.394 e. The maximum atomic E-state index is 13.5. The van der Waals surface area contributed by atoms with E-state index in [0.717, 1.165) is 4.90 Å². The van der Waals surface area contributed by atoms with Crippen LogP contribution < -0.4 is 14.8 Å². The summed E-state index contributed by atoms with van der Waals surface area (Å²) in [6.07, 6.45) is 1.23. The van der Waals surface area contributed by atoms with Crippen LogP contribution in [0.2, 0.25) is 0 Å². The first-order valence-corrected chi connectivity index (χ1v) is 11.4. The summed E-state index contributed by atoms with van der Waals surface area (Å²) in [4.78, 5) is 36.6. The molecule has 1 aromatic heterocycles. The number of hydrogen-bond acceptors (Lipinski definition) is 6. The predicted molar refractivity (Wildman–Crippen MR) is 112 cm³/mol. The fraction of sp³-hybridized carbons (Fsp3) is 0.350. The van der Waals surface area contributed by atoms with E-state index in [9.17, 15) is 27.2 Å². The molecule has 2 aliphatic rings. The molecular weight excluding hydrogens is 459 g/mol. The van der Waals surface area contributed by atoms with Crippen molar-refractivity contribution in [3.05, 3.63) is 41.5 Å². The Morgan fingerprint density at radius 2 is 2.00 bits per heavy atom. The van der Waals surface area contributed by atoms with E-state index < -0.39 is 45.6 Å². The first-order chi connectivity index (χ1) is 15.5. The Balaban J connectivity index is 1.64. The first-order valence-electron chi connectivity index (χ1n) is 9.92. The molecule has 1 saturated heterocycles. The van der Waals surface area contributed by atoms with Gasteiger partial charge in [0.1, 0.15) is 10.7 Å². The van der Waals surface area contributed by atoms with Gasteiger partial charge in [0.25, 0.3) is 5.91 Å².